The highest BCUT2D eigenvalue weighted by molar-refractivity contribution is 7.80. The topological polar surface area (TPSA) is 212 Å². The molecule has 1 saturated heterocycles. The van der Waals surface area contributed by atoms with E-state index in [1.54, 1.807) is 6.08 Å². The summed E-state index contributed by atoms with van der Waals surface area (Å²) in [7, 11) is -5.12. The first-order valence-electron chi connectivity index (χ1n) is 25.3. The Morgan fingerprint density at radius 2 is 1.06 bits per heavy atom. The number of hydrogen-bond donors (Lipinski definition) is 7. The second-order valence-electron chi connectivity index (χ2n) is 17.9. The van der Waals surface area contributed by atoms with E-state index < -0.39 is 78.5 Å². The van der Waals surface area contributed by atoms with E-state index in [0.717, 1.165) is 38.5 Å². The van der Waals surface area contributed by atoms with Gasteiger partial charge in [0, 0.05) is 0 Å². The van der Waals surface area contributed by atoms with E-state index in [4.69, 9.17) is 9.47 Å². The third-order valence-electron chi connectivity index (χ3n) is 12.1. The molecule has 1 aliphatic rings. The molecule has 0 saturated carbocycles. The van der Waals surface area contributed by atoms with E-state index in [9.17, 15) is 43.3 Å². The lowest BCUT2D eigenvalue weighted by atomic mass is 9.99. The van der Waals surface area contributed by atoms with Crippen LogP contribution in [0.25, 0.3) is 0 Å². The molecule has 0 bridgehead atoms. The molecule has 8 unspecified atom stereocenters. The minimum absolute atomic E-state index is 0.240. The Morgan fingerprint density at radius 1 is 0.635 bits per heavy atom. The van der Waals surface area contributed by atoms with Crippen molar-refractivity contribution in [1.82, 2.24) is 5.32 Å². The van der Waals surface area contributed by atoms with Crippen molar-refractivity contribution in [2.24, 2.45) is 0 Å². The quantitative estimate of drug-likeness (QED) is 0.0173. The standard InChI is InChI=1S/C49H93NO12S/c1-3-5-7-9-11-13-15-17-19-20-21-22-23-24-26-27-29-31-33-35-37-42(52)41(40-60-49-46(55)47(62-63(57,58)59)45(54)44(39-51)61-49)50-48(56)43(53)38-36-34-32-30-28-25-18-16-14-12-10-8-6-4-2/h27,29,35,37,41-47,49,51-55H,3-26,28,30-34,36,38-40H2,1-2H3,(H,50,56)(H,57,58,59)/b29-27+,37-35+. The lowest BCUT2D eigenvalue weighted by Crippen LogP contribution is -2.61. The van der Waals surface area contributed by atoms with Crippen LogP contribution in [0.5, 0.6) is 0 Å². The number of amides is 1. The van der Waals surface area contributed by atoms with Crippen molar-refractivity contribution < 1.29 is 57.0 Å². The van der Waals surface area contributed by atoms with Crippen LogP contribution in [0.15, 0.2) is 24.3 Å². The molecule has 0 spiro atoms. The summed E-state index contributed by atoms with van der Waals surface area (Å²) < 4.78 is 47.6. The largest absolute Gasteiger partial charge is 0.397 e. The number of carbonyl (C=O) groups excluding carboxylic acids is 1. The molecule has 63 heavy (non-hydrogen) atoms. The number of aliphatic hydroxyl groups excluding tert-OH is 5. The summed E-state index contributed by atoms with van der Waals surface area (Å²) in [6.07, 6.45) is 34.0. The van der Waals surface area contributed by atoms with Gasteiger partial charge in [-0.2, -0.15) is 8.42 Å². The monoisotopic (exact) mass is 920 g/mol. The van der Waals surface area contributed by atoms with E-state index in [1.807, 2.05) is 0 Å². The van der Waals surface area contributed by atoms with Gasteiger partial charge in [0.05, 0.1) is 25.4 Å². The summed E-state index contributed by atoms with van der Waals surface area (Å²) in [4.78, 5) is 13.1. The van der Waals surface area contributed by atoms with Gasteiger partial charge in [0.15, 0.2) is 6.29 Å². The smallest absolute Gasteiger partial charge is 0.394 e. The van der Waals surface area contributed by atoms with Gasteiger partial charge in [-0.15, -0.1) is 0 Å². The van der Waals surface area contributed by atoms with Gasteiger partial charge in [-0.1, -0.05) is 212 Å². The molecule has 14 heteroatoms. The molecule has 0 aromatic rings. The second-order valence-corrected chi connectivity index (χ2v) is 18.9. The first-order valence-corrected chi connectivity index (χ1v) is 26.7. The maximum absolute atomic E-state index is 13.1. The zero-order valence-corrected chi connectivity index (χ0v) is 40.3. The lowest BCUT2D eigenvalue weighted by Gasteiger charge is -2.41. The number of allylic oxidation sites excluding steroid dienone is 3. The predicted molar refractivity (Wildman–Crippen MR) is 251 cm³/mol. The molecule has 1 amide bonds. The first kappa shape index (κ1) is 59.6. The van der Waals surface area contributed by atoms with Crippen molar-refractivity contribution >= 4 is 16.3 Å². The first-order chi connectivity index (χ1) is 30.4. The highest BCUT2D eigenvalue weighted by atomic mass is 32.3. The predicted octanol–water partition coefficient (Wildman–Crippen LogP) is 9.47. The van der Waals surface area contributed by atoms with E-state index in [1.165, 1.54) is 154 Å². The van der Waals surface area contributed by atoms with Crippen LogP contribution >= 0.6 is 0 Å². The summed E-state index contributed by atoms with van der Waals surface area (Å²) in [6, 6.07) is -1.13. The molecule has 13 nitrogen and oxygen atoms in total. The summed E-state index contributed by atoms with van der Waals surface area (Å²) in [5.74, 6) is -0.710. The van der Waals surface area contributed by atoms with Crippen LogP contribution in [0.4, 0.5) is 0 Å². The molecule has 7 N–H and O–H groups in total. The number of ether oxygens (including phenoxy) is 2. The zero-order chi connectivity index (χ0) is 46.4. The minimum Gasteiger partial charge on any atom is -0.394 e. The number of nitrogens with one attached hydrogen (secondary N) is 1. The molecular weight excluding hydrogens is 827 g/mol. The molecule has 0 radical (unpaired) electrons. The normalized spacial score (nSPS) is 21.0. The van der Waals surface area contributed by atoms with Crippen LogP contribution in [-0.2, 0) is 28.9 Å². The number of aliphatic hydroxyl groups is 5. The van der Waals surface area contributed by atoms with Crippen molar-refractivity contribution in [3.8, 4) is 0 Å². The van der Waals surface area contributed by atoms with Gasteiger partial charge in [0.2, 0.25) is 5.91 Å². The van der Waals surface area contributed by atoms with Gasteiger partial charge in [-0.3, -0.25) is 9.35 Å². The number of unbranched alkanes of at least 4 members (excludes halogenated alkanes) is 28. The minimum atomic E-state index is -5.12. The summed E-state index contributed by atoms with van der Waals surface area (Å²) >= 11 is 0. The highest BCUT2D eigenvalue weighted by Gasteiger charge is 2.48. The number of carbonyl (C=O) groups is 1. The van der Waals surface area contributed by atoms with Crippen LogP contribution in [0.3, 0.4) is 0 Å². The van der Waals surface area contributed by atoms with Crippen LogP contribution < -0.4 is 5.32 Å². The fourth-order valence-corrected chi connectivity index (χ4v) is 8.57. The average molecular weight is 920 g/mol. The molecule has 1 aliphatic heterocycles. The fourth-order valence-electron chi connectivity index (χ4n) is 8.07. The Balaban J connectivity index is 2.55. The van der Waals surface area contributed by atoms with Crippen molar-refractivity contribution in [3.05, 3.63) is 24.3 Å². The van der Waals surface area contributed by atoms with Crippen LogP contribution in [-0.4, -0.2) is 107 Å². The summed E-state index contributed by atoms with van der Waals surface area (Å²) in [6.45, 7) is 3.22. The SMILES string of the molecule is CCCCCCCCCCCCCCCC/C=C/CC/C=C/C(O)C(COC1OC(CO)C(O)C(OS(=O)(=O)O)C1O)NC(=O)C(O)CCCCCCCCCCCCCCCC. The van der Waals surface area contributed by atoms with E-state index in [2.05, 4.69) is 35.5 Å². The maximum Gasteiger partial charge on any atom is 0.397 e. The summed E-state index contributed by atoms with van der Waals surface area (Å²) in [5.41, 5.74) is 0. The van der Waals surface area contributed by atoms with Crippen molar-refractivity contribution in [2.75, 3.05) is 13.2 Å². The average Bonchev–Trinajstić information content (AvgIpc) is 3.25. The van der Waals surface area contributed by atoms with Gasteiger partial charge >= 0.3 is 10.4 Å². The molecule has 0 aromatic heterocycles. The zero-order valence-electron chi connectivity index (χ0n) is 39.5. The Kier molecular flexibility index (Phi) is 37.5. The molecule has 8 atom stereocenters. The molecule has 1 fully saturated rings. The molecule has 1 heterocycles. The van der Waals surface area contributed by atoms with Crippen LogP contribution in [0.1, 0.15) is 219 Å². The maximum atomic E-state index is 13.1. The van der Waals surface area contributed by atoms with Gasteiger partial charge in [0.25, 0.3) is 0 Å². The third-order valence-corrected chi connectivity index (χ3v) is 12.6. The Morgan fingerprint density at radius 3 is 1.52 bits per heavy atom. The van der Waals surface area contributed by atoms with Crippen LogP contribution in [0.2, 0.25) is 0 Å². The second kappa shape index (κ2) is 39.7. The van der Waals surface area contributed by atoms with Crippen molar-refractivity contribution in [1.29, 1.82) is 0 Å². The Labute approximate surface area is 383 Å². The van der Waals surface area contributed by atoms with E-state index in [0.29, 0.717) is 12.8 Å². The molecular formula is C49H93NO12S. The molecule has 1 rings (SSSR count). The highest BCUT2D eigenvalue weighted by Crippen LogP contribution is 2.26. The van der Waals surface area contributed by atoms with E-state index >= 15 is 0 Å². The van der Waals surface area contributed by atoms with Gasteiger partial charge in [-0.25, -0.2) is 4.18 Å². The van der Waals surface area contributed by atoms with Crippen molar-refractivity contribution in [3.63, 3.8) is 0 Å². The van der Waals surface area contributed by atoms with Gasteiger partial charge < -0.3 is 40.3 Å². The van der Waals surface area contributed by atoms with Gasteiger partial charge in [-0.05, 0) is 32.1 Å². The molecule has 0 aliphatic carbocycles. The lowest BCUT2D eigenvalue weighted by molar-refractivity contribution is -0.298. The van der Waals surface area contributed by atoms with Crippen molar-refractivity contribution in [2.45, 2.75) is 268 Å². The number of rotatable bonds is 43. The Bertz CT molecular complexity index is 1240. The van der Waals surface area contributed by atoms with E-state index in [-0.39, 0.29) is 6.42 Å². The van der Waals surface area contributed by atoms with Crippen LogP contribution in [0, 0.1) is 0 Å². The third kappa shape index (κ3) is 32.0. The number of hydrogen-bond acceptors (Lipinski definition) is 11. The van der Waals surface area contributed by atoms with Gasteiger partial charge in [0.1, 0.15) is 30.5 Å². The molecule has 372 valence electrons. The molecule has 0 aromatic carbocycles. The fraction of sp³-hybridized carbons (Fsp3) is 0.898. The Hall–Kier alpha value is -1.46. The summed E-state index contributed by atoms with van der Waals surface area (Å²) in [5, 5.41) is 55.3.